The first kappa shape index (κ1) is 14.3. The second kappa shape index (κ2) is 6.33. The van der Waals surface area contributed by atoms with Gasteiger partial charge in [-0.05, 0) is 28.1 Å². The number of nitrogens with zero attached hydrogens (tertiary/aromatic N) is 2. The molecule has 2 aromatic rings. The first-order valence-electron chi connectivity index (χ1n) is 5.81. The minimum Gasteiger partial charge on any atom is -0.481 e. The third-order valence-corrected chi connectivity index (χ3v) is 3.27. The predicted molar refractivity (Wildman–Crippen MR) is 78.9 cm³/mol. The maximum Gasteiger partial charge on any atom is 0.312 e. The van der Waals surface area contributed by atoms with E-state index in [2.05, 4.69) is 26.2 Å². The van der Waals surface area contributed by atoms with Crippen molar-refractivity contribution in [1.82, 2.24) is 4.98 Å². The second-order valence-electron chi connectivity index (χ2n) is 3.90. The standard InChI is InChI=1S/C13H12BrN3O3/c1-15-13-9(4-3-7-16-13)8-20-12-10(14)5-2-6-11(12)17(18)19/h2-7H,8H2,1H3,(H,15,16). The molecule has 0 fully saturated rings. The van der Waals surface area contributed by atoms with Gasteiger partial charge in [0.05, 0.1) is 9.40 Å². The zero-order chi connectivity index (χ0) is 14.5. The first-order chi connectivity index (χ1) is 9.63. The van der Waals surface area contributed by atoms with Crippen molar-refractivity contribution < 1.29 is 9.66 Å². The molecule has 0 saturated carbocycles. The summed E-state index contributed by atoms with van der Waals surface area (Å²) in [6, 6.07) is 8.33. The Labute approximate surface area is 124 Å². The molecule has 6 nitrogen and oxygen atoms in total. The smallest absolute Gasteiger partial charge is 0.312 e. The average molecular weight is 338 g/mol. The van der Waals surface area contributed by atoms with Crippen molar-refractivity contribution in [3.05, 3.63) is 56.7 Å². The summed E-state index contributed by atoms with van der Waals surface area (Å²) >= 11 is 3.26. The lowest BCUT2D eigenvalue weighted by molar-refractivity contribution is -0.386. The zero-order valence-electron chi connectivity index (χ0n) is 10.7. The number of anilines is 1. The minimum atomic E-state index is -0.470. The number of hydrogen-bond donors (Lipinski definition) is 1. The summed E-state index contributed by atoms with van der Waals surface area (Å²) in [7, 11) is 1.76. The van der Waals surface area contributed by atoms with Crippen molar-refractivity contribution >= 4 is 27.4 Å². The van der Waals surface area contributed by atoms with Gasteiger partial charge in [0.2, 0.25) is 5.75 Å². The highest BCUT2D eigenvalue weighted by atomic mass is 79.9. The lowest BCUT2D eigenvalue weighted by atomic mass is 10.2. The summed E-state index contributed by atoms with van der Waals surface area (Å²) in [6.45, 7) is 0.188. The molecule has 0 bridgehead atoms. The Kier molecular flexibility index (Phi) is 4.52. The van der Waals surface area contributed by atoms with Crippen molar-refractivity contribution in [3.8, 4) is 5.75 Å². The van der Waals surface area contributed by atoms with Crippen molar-refractivity contribution in [2.24, 2.45) is 0 Å². The first-order valence-corrected chi connectivity index (χ1v) is 6.60. The molecule has 1 aromatic carbocycles. The number of hydrogen-bond acceptors (Lipinski definition) is 5. The fourth-order valence-corrected chi connectivity index (χ4v) is 2.18. The second-order valence-corrected chi connectivity index (χ2v) is 4.75. The number of nitro benzene ring substituents is 1. The Morgan fingerprint density at radius 2 is 2.20 bits per heavy atom. The van der Waals surface area contributed by atoms with Crippen LogP contribution in [0.25, 0.3) is 0 Å². The fraction of sp³-hybridized carbons (Fsp3) is 0.154. The molecule has 0 aliphatic rings. The van der Waals surface area contributed by atoms with Crippen molar-refractivity contribution in [1.29, 1.82) is 0 Å². The summed E-state index contributed by atoms with van der Waals surface area (Å²) in [5.74, 6) is 0.894. The monoisotopic (exact) mass is 337 g/mol. The van der Waals surface area contributed by atoms with Gasteiger partial charge in [-0.3, -0.25) is 10.1 Å². The van der Waals surface area contributed by atoms with Crippen molar-refractivity contribution in [2.75, 3.05) is 12.4 Å². The van der Waals surface area contributed by atoms with E-state index < -0.39 is 4.92 Å². The van der Waals surface area contributed by atoms with Gasteiger partial charge in [-0.25, -0.2) is 4.98 Å². The third kappa shape index (κ3) is 3.05. The Bertz CT molecular complexity index is 634. The number of benzene rings is 1. The summed E-state index contributed by atoms with van der Waals surface area (Å²) in [6.07, 6.45) is 1.66. The minimum absolute atomic E-state index is 0.0747. The van der Waals surface area contributed by atoms with E-state index in [1.807, 2.05) is 6.07 Å². The highest BCUT2D eigenvalue weighted by Crippen LogP contribution is 2.35. The molecule has 104 valence electrons. The van der Waals surface area contributed by atoms with Crippen LogP contribution in [0.15, 0.2) is 41.0 Å². The SMILES string of the molecule is CNc1ncccc1COc1c(Br)cccc1[N+](=O)[O-]. The number of rotatable bonds is 5. The summed E-state index contributed by atoms with van der Waals surface area (Å²) in [5.41, 5.74) is 0.745. The van der Waals surface area contributed by atoms with Gasteiger partial charge in [-0.2, -0.15) is 0 Å². The van der Waals surface area contributed by atoms with Crippen LogP contribution in [0.5, 0.6) is 5.75 Å². The lowest BCUT2D eigenvalue weighted by Crippen LogP contribution is -2.04. The van der Waals surface area contributed by atoms with Crippen LogP contribution in [0.1, 0.15) is 5.56 Å². The molecule has 0 aliphatic carbocycles. The van der Waals surface area contributed by atoms with E-state index in [4.69, 9.17) is 4.74 Å². The molecular formula is C13H12BrN3O3. The summed E-state index contributed by atoms with van der Waals surface area (Å²) in [5, 5.41) is 13.9. The Morgan fingerprint density at radius 3 is 2.90 bits per heavy atom. The van der Waals surface area contributed by atoms with Gasteiger partial charge in [0.1, 0.15) is 12.4 Å². The topological polar surface area (TPSA) is 77.3 Å². The normalized spacial score (nSPS) is 10.1. The Hall–Kier alpha value is -2.15. The van der Waals surface area contributed by atoms with E-state index in [0.29, 0.717) is 10.3 Å². The maximum absolute atomic E-state index is 11.0. The number of nitro groups is 1. The number of ether oxygens (including phenoxy) is 1. The molecule has 0 amide bonds. The molecule has 0 unspecified atom stereocenters. The van der Waals surface area contributed by atoms with Gasteiger partial charge in [0.15, 0.2) is 0 Å². The molecule has 1 heterocycles. The molecular weight excluding hydrogens is 326 g/mol. The van der Waals surface area contributed by atoms with Crippen molar-refractivity contribution in [2.45, 2.75) is 6.61 Å². The molecule has 1 aromatic heterocycles. The van der Waals surface area contributed by atoms with Gasteiger partial charge in [-0.1, -0.05) is 12.1 Å². The summed E-state index contributed by atoms with van der Waals surface area (Å²) in [4.78, 5) is 14.7. The zero-order valence-corrected chi connectivity index (χ0v) is 12.3. The van der Waals surface area contributed by atoms with E-state index in [1.165, 1.54) is 6.07 Å². The van der Waals surface area contributed by atoms with E-state index in [1.54, 1.807) is 31.4 Å². The van der Waals surface area contributed by atoms with Crippen LogP contribution in [-0.4, -0.2) is 17.0 Å². The average Bonchev–Trinajstić information content (AvgIpc) is 2.46. The van der Waals surface area contributed by atoms with Gasteiger partial charge in [-0.15, -0.1) is 0 Å². The van der Waals surface area contributed by atoms with Crippen LogP contribution < -0.4 is 10.1 Å². The molecule has 2 rings (SSSR count). The lowest BCUT2D eigenvalue weighted by Gasteiger charge is -2.11. The highest BCUT2D eigenvalue weighted by molar-refractivity contribution is 9.10. The number of pyridine rings is 1. The molecule has 7 heteroatoms. The van der Waals surface area contributed by atoms with E-state index in [9.17, 15) is 10.1 Å². The van der Waals surface area contributed by atoms with Crippen LogP contribution in [0.3, 0.4) is 0 Å². The predicted octanol–water partition coefficient (Wildman–Crippen LogP) is 3.37. The molecule has 0 aliphatic heterocycles. The Balaban J connectivity index is 2.25. The van der Waals surface area contributed by atoms with E-state index >= 15 is 0 Å². The van der Waals surface area contributed by atoms with Gasteiger partial charge in [0, 0.05) is 24.9 Å². The van der Waals surface area contributed by atoms with Gasteiger partial charge >= 0.3 is 5.69 Å². The van der Waals surface area contributed by atoms with Crippen molar-refractivity contribution in [3.63, 3.8) is 0 Å². The third-order valence-electron chi connectivity index (χ3n) is 2.64. The number of aromatic nitrogens is 1. The maximum atomic E-state index is 11.0. The Morgan fingerprint density at radius 1 is 1.40 bits per heavy atom. The van der Waals surface area contributed by atoms with Gasteiger partial charge < -0.3 is 10.1 Å². The van der Waals surface area contributed by atoms with Crippen LogP contribution in [0, 0.1) is 10.1 Å². The van der Waals surface area contributed by atoms with Crippen LogP contribution in [0.4, 0.5) is 11.5 Å². The molecule has 1 N–H and O–H groups in total. The number of nitrogens with one attached hydrogen (secondary N) is 1. The van der Waals surface area contributed by atoms with Crippen LogP contribution in [-0.2, 0) is 6.61 Å². The van der Waals surface area contributed by atoms with E-state index in [0.717, 1.165) is 5.56 Å². The molecule has 0 saturated heterocycles. The van der Waals surface area contributed by atoms with Gasteiger partial charge in [0.25, 0.3) is 0 Å². The highest BCUT2D eigenvalue weighted by Gasteiger charge is 2.18. The molecule has 0 spiro atoms. The van der Waals surface area contributed by atoms with Crippen LogP contribution >= 0.6 is 15.9 Å². The number of halogens is 1. The molecule has 20 heavy (non-hydrogen) atoms. The number of para-hydroxylation sites is 1. The summed E-state index contributed by atoms with van der Waals surface area (Å²) < 4.78 is 6.13. The fourth-order valence-electron chi connectivity index (χ4n) is 1.71. The molecule has 0 atom stereocenters. The molecule has 0 radical (unpaired) electrons. The quantitative estimate of drug-likeness (QED) is 0.668. The largest absolute Gasteiger partial charge is 0.481 e. The van der Waals surface area contributed by atoms with Crippen LogP contribution in [0.2, 0.25) is 0 Å². The van der Waals surface area contributed by atoms with E-state index in [-0.39, 0.29) is 18.0 Å².